The minimum absolute atomic E-state index is 0.0201. The van der Waals surface area contributed by atoms with Gasteiger partial charge in [0.1, 0.15) is 0 Å². The first-order valence-electron chi connectivity index (χ1n) is 7.17. The number of rotatable bonds is 6. The van der Waals surface area contributed by atoms with E-state index in [2.05, 4.69) is 15.8 Å². The van der Waals surface area contributed by atoms with Crippen LogP contribution in [0.1, 0.15) is 18.4 Å². The van der Waals surface area contributed by atoms with Crippen LogP contribution in [-0.4, -0.2) is 18.0 Å². The van der Waals surface area contributed by atoms with Crippen LogP contribution in [-0.2, 0) is 9.59 Å². The highest BCUT2D eigenvalue weighted by Gasteiger charge is 2.07. The van der Waals surface area contributed by atoms with Gasteiger partial charge in [-0.15, -0.1) is 0 Å². The quantitative estimate of drug-likeness (QED) is 0.604. The molecule has 0 saturated carbocycles. The molecule has 0 aliphatic rings. The normalized spacial score (nSPS) is 10.6. The summed E-state index contributed by atoms with van der Waals surface area (Å²) in [4.78, 5) is 23.4. The zero-order valence-corrected chi connectivity index (χ0v) is 14.1. The molecule has 0 fully saturated rings. The zero-order chi connectivity index (χ0) is 17.4. The van der Waals surface area contributed by atoms with Crippen LogP contribution in [0.15, 0.2) is 53.6 Å². The summed E-state index contributed by atoms with van der Waals surface area (Å²) in [6.45, 7) is 0. The Morgan fingerprint density at radius 3 is 2.21 bits per heavy atom. The number of amides is 2. The molecule has 2 amide bonds. The van der Waals surface area contributed by atoms with E-state index in [1.54, 1.807) is 30.3 Å². The molecule has 2 rings (SSSR count). The van der Waals surface area contributed by atoms with Gasteiger partial charge in [-0.05, 0) is 24.3 Å². The van der Waals surface area contributed by atoms with E-state index in [1.807, 2.05) is 18.2 Å². The molecule has 2 aromatic rings. The fraction of sp³-hybridized carbons (Fsp3) is 0.118. The van der Waals surface area contributed by atoms with Gasteiger partial charge in [0.25, 0.3) is 0 Å². The molecule has 0 heterocycles. The van der Waals surface area contributed by atoms with Crippen molar-refractivity contribution in [2.75, 3.05) is 5.32 Å². The van der Waals surface area contributed by atoms with Gasteiger partial charge < -0.3 is 5.32 Å². The molecule has 0 aromatic heterocycles. The number of halogens is 2. The number of benzene rings is 2. The summed E-state index contributed by atoms with van der Waals surface area (Å²) < 4.78 is 0. The molecule has 2 aromatic carbocycles. The molecular formula is C17H15Cl2N3O2. The largest absolute Gasteiger partial charge is 0.326 e. The third kappa shape index (κ3) is 5.68. The molecule has 0 unspecified atom stereocenters. The van der Waals surface area contributed by atoms with Crippen molar-refractivity contribution in [3.05, 3.63) is 64.1 Å². The van der Waals surface area contributed by atoms with Gasteiger partial charge in [0.05, 0.1) is 16.3 Å². The van der Waals surface area contributed by atoms with Crippen LogP contribution in [0, 0.1) is 0 Å². The van der Waals surface area contributed by atoms with Crippen LogP contribution in [0.25, 0.3) is 0 Å². The van der Waals surface area contributed by atoms with Crippen LogP contribution >= 0.6 is 23.2 Å². The Morgan fingerprint density at radius 2 is 1.54 bits per heavy atom. The number of carbonyl (C=O) groups excluding carboxylic acids is 2. The summed E-state index contributed by atoms with van der Waals surface area (Å²) in [5.41, 5.74) is 3.54. The number of carbonyl (C=O) groups is 2. The Morgan fingerprint density at radius 1 is 0.917 bits per heavy atom. The van der Waals surface area contributed by atoms with Crippen molar-refractivity contribution in [2.45, 2.75) is 12.8 Å². The first-order valence-corrected chi connectivity index (χ1v) is 7.92. The van der Waals surface area contributed by atoms with Crippen LogP contribution in [0.3, 0.4) is 0 Å². The Balaban J connectivity index is 1.77. The van der Waals surface area contributed by atoms with E-state index in [-0.39, 0.29) is 24.7 Å². The summed E-state index contributed by atoms with van der Waals surface area (Å²) in [5.74, 6) is -0.618. The molecule has 0 atom stereocenters. The van der Waals surface area contributed by atoms with Crippen LogP contribution in [0.5, 0.6) is 0 Å². The fourth-order valence-electron chi connectivity index (χ4n) is 1.83. The SMILES string of the molecule is O=C(CCC(=O)Nc1ccccc1)NN=Cc1c(Cl)cccc1Cl. The molecule has 24 heavy (non-hydrogen) atoms. The third-order valence-electron chi connectivity index (χ3n) is 3.02. The predicted octanol–water partition coefficient (Wildman–Crippen LogP) is 3.86. The van der Waals surface area contributed by atoms with Gasteiger partial charge >= 0.3 is 0 Å². The van der Waals surface area contributed by atoms with Crippen LogP contribution < -0.4 is 10.7 Å². The average Bonchev–Trinajstić information content (AvgIpc) is 2.56. The Hall–Kier alpha value is -2.37. The van der Waals surface area contributed by atoms with Crippen molar-refractivity contribution in [2.24, 2.45) is 5.10 Å². The maximum absolute atomic E-state index is 11.7. The minimum Gasteiger partial charge on any atom is -0.326 e. The van der Waals surface area contributed by atoms with Crippen molar-refractivity contribution < 1.29 is 9.59 Å². The molecule has 0 spiro atoms. The topological polar surface area (TPSA) is 70.6 Å². The Labute approximate surface area is 149 Å². The highest BCUT2D eigenvalue weighted by atomic mass is 35.5. The molecule has 5 nitrogen and oxygen atoms in total. The second kappa shape index (κ2) is 9.05. The number of hydrogen-bond donors (Lipinski definition) is 2. The molecule has 2 N–H and O–H groups in total. The van der Waals surface area contributed by atoms with E-state index >= 15 is 0 Å². The smallest absolute Gasteiger partial charge is 0.240 e. The summed E-state index contributed by atoms with van der Waals surface area (Å²) >= 11 is 12.0. The van der Waals surface area contributed by atoms with Crippen LogP contribution in [0.4, 0.5) is 5.69 Å². The third-order valence-corrected chi connectivity index (χ3v) is 3.68. The second-order valence-corrected chi connectivity index (χ2v) is 5.66. The van der Waals surface area contributed by atoms with E-state index in [4.69, 9.17) is 23.2 Å². The molecule has 0 aliphatic carbocycles. The Bertz CT molecular complexity index is 729. The standard InChI is InChI=1S/C17H15Cl2N3O2/c18-14-7-4-8-15(19)13(14)11-20-22-17(24)10-9-16(23)21-12-5-2-1-3-6-12/h1-8,11H,9-10H2,(H,21,23)(H,22,24). The van der Waals surface area contributed by atoms with Gasteiger partial charge in [-0.2, -0.15) is 5.10 Å². The highest BCUT2D eigenvalue weighted by Crippen LogP contribution is 2.21. The predicted molar refractivity (Wildman–Crippen MR) is 96.5 cm³/mol. The number of nitrogens with one attached hydrogen (secondary N) is 2. The number of hydrogen-bond acceptors (Lipinski definition) is 3. The van der Waals surface area contributed by atoms with Crippen molar-refractivity contribution in [3.63, 3.8) is 0 Å². The number of para-hydroxylation sites is 1. The lowest BCUT2D eigenvalue weighted by molar-refractivity contribution is -0.124. The van der Waals surface area contributed by atoms with Gasteiger partial charge in [-0.1, -0.05) is 47.5 Å². The minimum atomic E-state index is -0.377. The van der Waals surface area contributed by atoms with E-state index in [1.165, 1.54) is 6.21 Å². The lowest BCUT2D eigenvalue weighted by Crippen LogP contribution is -2.20. The molecule has 0 aliphatic heterocycles. The molecule has 0 radical (unpaired) electrons. The van der Waals surface area contributed by atoms with E-state index in [0.29, 0.717) is 21.3 Å². The monoisotopic (exact) mass is 363 g/mol. The van der Waals surface area contributed by atoms with E-state index in [9.17, 15) is 9.59 Å². The van der Waals surface area contributed by atoms with Crippen molar-refractivity contribution in [1.29, 1.82) is 0 Å². The van der Waals surface area contributed by atoms with Gasteiger partial charge in [-0.25, -0.2) is 5.43 Å². The van der Waals surface area contributed by atoms with Gasteiger partial charge in [0.2, 0.25) is 11.8 Å². The molecule has 0 bridgehead atoms. The summed E-state index contributed by atoms with van der Waals surface area (Å²) in [5, 5.41) is 7.37. The summed E-state index contributed by atoms with van der Waals surface area (Å²) in [7, 11) is 0. The number of nitrogens with zero attached hydrogens (tertiary/aromatic N) is 1. The van der Waals surface area contributed by atoms with Gasteiger partial charge in [0.15, 0.2) is 0 Å². The number of anilines is 1. The molecule has 0 saturated heterocycles. The molecular weight excluding hydrogens is 349 g/mol. The van der Waals surface area contributed by atoms with Gasteiger partial charge in [0, 0.05) is 24.1 Å². The molecule has 7 heteroatoms. The molecule has 124 valence electrons. The zero-order valence-electron chi connectivity index (χ0n) is 12.6. The lowest BCUT2D eigenvalue weighted by Gasteiger charge is -2.04. The maximum atomic E-state index is 11.7. The van der Waals surface area contributed by atoms with E-state index < -0.39 is 0 Å². The second-order valence-electron chi connectivity index (χ2n) is 4.84. The van der Waals surface area contributed by atoms with Crippen molar-refractivity contribution in [1.82, 2.24) is 5.43 Å². The first kappa shape index (κ1) is 18.0. The summed E-state index contributed by atoms with van der Waals surface area (Å²) in [6, 6.07) is 14.1. The Kier molecular flexibility index (Phi) is 6.78. The van der Waals surface area contributed by atoms with Gasteiger partial charge in [-0.3, -0.25) is 9.59 Å². The van der Waals surface area contributed by atoms with Crippen LogP contribution in [0.2, 0.25) is 10.0 Å². The maximum Gasteiger partial charge on any atom is 0.240 e. The first-order chi connectivity index (χ1) is 11.6. The van der Waals surface area contributed by atoms with Crippen molar-refractivity contribution in [3.8, 4) is 0 Å². The number of hydrazone groups is 1. The van der Waals surface area contributed by atoms with E-state index in [0.717, 1.165) is 0 Å². The lowest BCUT2D eigenvalue weighted by atomic mass is 10.2. The average molecular weight is 364 g/mol. The highest BCUT2D eigenvalue weighted by molar-refractivity contribution is 6.38. The fourth-order valence-corrected chi connectivity index (χ4v) is 2.33. The summed E-state index contributed by atoms with van der Waals surface area (Å²) in [6.07, 6.45) is 1.45. The van der Waals surface area contributed by atoms with Crippen molar-refractivity contribution >= 4 is 46.9 Å².